The lowest BCUT2D eigenvalue weighted by Gasteiger charge is -2.26. The maximum absolute atomic E-state index is 12.6. The molecule has 30 heavy (non-hydrogen) atoms. The topological polar surface area (TPSA) is 82.8 Å². The molecule has 0 saturated heterocycles. The third kappa shape index (κ3) is 3.55. The van der Waals surface area contributed by atoms with Crippen molar-refractivity contribution in [3.63, 3.8) is 0 Å². The first-order chi connectivity index (χ1) is 14.7. The number of hydrogen-bond acceptors (Lipinski definition) is 6. The van der Waals surface area contributed by atoms with Crippen molar-refractivity contribution in [2.75, 3.05) is 0 Å². The second-order valence-electron chi connectivity index (χ2n) is 6.45. The van der Waals surface area contributed by atoms with E-state index < -0.39 is 5.91 Å². The molecule has 6 nitrogen and oxygen atoms in total. The van der Waals surface area contributed by atoms with E-state index in [0.29, 0.717) is 21.8 Å². The first-order valence-corrected chi connectivity index (χ1v) is 11.0. The fourth-order valence-corrected chi connectivity index (χ4v) is 4.74. The molecule has 3 aromatic rings. The molecular weight excluding hydrogens is 418 g/mol. The molecule has 0 unspecified atom stereocenters. The van der Waals surface area contributed by atoms with Gasteiger partial charge in [-0.2, -0.15) is 4.99 Å². The highest BCUT2D eigenvalue weighted by atomic mass is 32.2. The number of aliphatic imine (C=N–C) groups is 1. The van der Waals surface area contributed by atoms with Gasteiger partial charge in [0.1, 0.15) is 17.4 Å². The van der Waals surface area contributed by atoms with Crippen molar-refractivity contribution in [1.82, 2.24) is 4.90 Å². The quantitative estimate of drug-likeness (QED) is 0.424. The van der Waals surface area contributed by atoms with Crippen LogP contribution in [0.2, 0.25) is 0 Å². The molecule has 0 saturated carbocycles. The highest BCUT2D eigenvalue weighted by molar-refractivity contribution is 8.17. The summed E-state index contributed by atoms with van der Waals surface area (Å²) in [4.78, 5) is 18.4. The molecule has 0 radical (unpaired) electrons. The summed E-state index contributed by atoms with van der Waals surface area (Å²) < 4.78 is 11.1. The number of fused-ring (bicyclic) bond motifs is 1. The first kappa shape index (κ1) is 18.8. The fourth-order valence-electron chi connectivity index (χ4n) is 3.08. The van der Waals surface area contributed by atoms with Gasteiger partial charge in [0.05, 0.1) is 23.3 Å². The Bertz CT molecular complexity index is 1210. The van der Waals surface area contributed by atoms with Gasteiger partial charge in [0.2, 0.25) is 0 Å². The van der Waals surface area contributed by atoms with Crippen LogP contribution in [0, 0.1) is 5.41 Å². The lowest BCUT2D eigenvalue weighted by atomic mass is 10.1. The van der Waals surface area contributed by atoms with Gasteiger partial charge >= 0.3 is 0 Å². The van der Waals surface area contributed by atoms with Crippen LogP contribution >= 0.6 is 23.5 Å². The molecule has 0 atom stereocenters. The summed E-state index contributed by atoms with van der Waals surface area (Å²) in [6.45, 7) is 0. The molecule has 0 bridgehead atoms. The van der Waals surface area contributed by atoms with Gasteiger partial charge in [-0.15, -0.1) is 0 Å². The highest BCUT2D eigenvalue weighted by Gasteiger charge is 2.36. The second kappa shape index (κ2) is 7.89. The van der Waals surface area contributed by atoms with Crippen molar-refractivity contribution >= 4 is 52.2 Å². The van der Waals surface area contributed by atoms with E-state index in [0.717, 1.165) is 17.0 Å². The summed E-state index contributed by atoms with van der Waals surface area (Å²) in [5.41, 5.74) is 1.99. The molecule has 0 aliphatic carbocycles. The number of carbonyl (C=O) groups excluding carboxylic acids is 1. The van der Waals surface area contributed by atoms with Crippen LogP contribution in [0.15, 0.2) is 90.8 Å². The maximum atomic E-state index is 12.6. The number of hydrogen-bond donors (Lipinski definition) is 1. The van der Waals surface area contributed by atoms with Crippen molar-refractivity contribution in [2.24, 2.45) is 4.99 Å². The average molecular weight is 434 g/mol. The minimum absolute atomic E-state index is 0.0892. The number of nitrogens with one attached hydrogen (secondary N) is 1. The number of rotatable bonds is 5. The van der Waals surface area contributed by atoms with Gasteiger partial charge in [0.25, 0.3) is 5.91 Å². The summed E-state index contributed by atoms with van der Waals surface area (Å²) in [5, 5.41) is 11.8. The minimum Gasteiger partial charge on any atom is -0.468 e. The Morgan fingerprint density at radius 3 is 2.80 bits per heavy atom. The number of furan rings is 2. The third-order valence-electron chi connectivity index (χ3n) is 4.51. The molecule has 2 aromatic heterocycles. The summed E-state index contributed by atoms with van der Waals surface area (Å²) in [6, 6.07) is 17.1. The van der Waals surface area contributed by atoms with E-state index in [9.17, 15) is 4.79 Å². The summed E-state index contributed by atoms with van der Waals surface area (Å²) >= 11 is 2.84. The lowest BCUT2D eigenvalue weighted by molar-refractivity contribution is -0.114. The molecule has 2 aliphatic heterocycles. The van der Waals surface area contributed by atoms with Crippen molar-refractivity contribution in [2.45, 2.75) is 10.8 Å². The smallest absolute Gasteiger partial charge is 0.283 e. The number of amides is 1. The van der Waals surface area contributed by atoms with Crippen LogP contribution < -0.4 is 0 Å². The van der Waals surface area contributed by atoms with Crippen LogP contribution in [-0.4, -0.2) is 21.8 Å². The highest BCUT2D eigenvalue weighted by Crippen LogP contribution is 2.37. The predicted molar refractivity (Wildman–Crippen MR) is 119 cm³/mol. The van der Waals surface area contributed by atoms with E-state index in [1.807, 2.05) is 53.9 Å². The standard InChI is InChI=1S/C22H15N3O3S2/c23-20-17(11-15-8-9-19(28-15)29-12-16-7-4-10-27-16)21(26)24-22-25(20)18(13-30-22)14-5-2-1-3-6-14/h1-11,13,23H,12H2/b17-11-,23-20?. The number of benzene rings is 1. The molecular formula is C22H15N3O3S2. The van der Waals surface area contributed by atoms with Crippen LogP contribution in [-0.2, 0) is 10.5 Å². The molecule has 148 valence electrons. The zero-order chi connectivity index (χ0) is 20.5. The second-order valence-corrected chi connectivity index (χ2v) is 8.27. The number of nitrogens with zero attached hydrogens (tertiary/aromatic N) is 2. The number of amidine groups is 2. The molecule has 1 N–H and O–H groups in total. The van der Waals surface area contributed by atoms with Crippen LogP contribution in [0.25, 0.3) is 11.8 Å². The number of thioether (sulfide) groups is 2. The van der Waals surface area contributed by atoms with Gasteiger partial charge in [-0.1, -0.05) is 53.9 Å². The molecule has 0 spiro atoms. The Labute approximate surface area is 180 Å². The fraction of sp³-hybridized carbons (Fsp3) is 0.0455. The normalized spacial score (nSPS) is 17.3. The monoisotopic (exact) mass is 433 g/mol. The molecule has 8 heteroatoms. The van der Waals surface area contributed by atoms with Gasteiger partial charge in [-0.25, -0.2) is 0 Å². The number of carbonyl (C=O) groups is 1. The van der Waals surface area contributed by atoms with E-state index in [4.69, 9.17) is 14.2 Å². The van der Waals surface area contributed by atoms with Crippen molar-refractivity contribution < 1.29 is 13.6 Å². The summed E-state index contributed by atoms with van der Waals surface area (Å²) in [7, 11) is 0. The summed E-state index contributed by atoms with van der Waals surface area (Å²) in [5.74, 6) is 1.65. The Morgan fingerprint density at radius 1 is 1.13 bits per heavy atom. The largest absolute Gasteiger partial charge is 0.468 e. The van der Waals surface area contributed by atoms with Crippen molar-refractivity contribution in [1.29, 1.82) is 5.41 Å². The average Bonchev–Trinajstić information content (AvgIpc) is 3.51. The van der Waals surface area contributed by atoms with E-state index >= 15 is 0 Å². The Morgan fingerprint density at radius 2 is 2.00 bits per heavy atom. The van der Waals surface area contributed by atoms with Crippen LogP contribution in [0.1, 0.15) is 17.1 Å². The van der Waals surface area contributed by atoms with Crippen LogP contribution in [0.3, 0.4) is 0 Å². The molecule has 2 aliphatic rings. The maximum Gasteiger partial charge on any atom is 0.283 e. The third-order valence-corrected chi connectivity index (χ3v) is 6.27. The molecule has 0 fully saturated rings. The Balaban J connectivity index is 1.39. The van der Waals surface area contributed by atoms with Crippen LogP contribution in [0.4, 0.5) is 0 Å². The SMILES string of the molecule is N=C1/C(=C/c2ccc(SCc3ccco3)o2)C(=O)N=C2SC=C(c3ccccc3)N12. The van der Waals surface area contributed by atoms with Crippen molar-refractivity contribution in [3.8, 4) is 0 Å². The van der Waals surface area contributed by atoms with E-state index in [2.05, 4.69) is 4.99 Å². The van der Waals surface area contributed by atoms with Crippen molar-refractivity contribution in [3.05, 3.63) is 88.9 Å². The van der Waals surface area contributed by atoms with Gasteiger partial charge in [0, 0.05) is 5.41 Å². The Kier molecular flexibility index (Phi) is 4.94. The minimum atomic E-state index is -0.442. The van der Waals surface area contributed by atoms with Gasteiger partial charge in [-0.3, -0.25) is 15.1 Å². The molecule has 4 heterocycles. The van der Waals surface area contributed by atoms with E-state index in [1.165, 1.54) is 23.5 Å². The molecule has 5 rings (SSSR count). The van der Waals surface area contributed by atoms with Crippen LogP contribution in [0.5, 0.6) is 0 Å². The zero-order valence-electron chi connectivity index (χ0n) is 15.6. The van der Waals surface area contributed by atoms with Gasteiger partial charge in [-0.05, 0) is 35.9 Å². The van der Waals surface area contributed by atoms with E-state index in [1.54, 1.807) is 23.3 Å². The summed E-state index contributed by atoms with van der Waals surface area (Å²) in [6.07, 6.45) is 3.21. The molecule has 1 amide bonds. The Hall–Kier alpha value is -3.23. The van der Waals surface area contributed by atoms with E-state index in [-0.39, 0.29) is 11.4 Å². The lowest BCUT2D eigenvalue weighted by Crippen LogP contribution is -2.37. The first-order valence-electron chi connectivity index (χ1n) is 9.10. The predicted octanol–water partition coefficient (Wildman–Crippen LogP) is 5.47. The van der Waals surface area contributed by atoms with Gasteiger partial charge in [0.15, 0.2) is 10.3 Å². The molecule has 1 aromatic carbocycles. The van der Waals surface area contributed by atoms with Gasteiger partial charge < -0.3 is 8.83 Å². The zero-order valence-corrected chi connectivity index (χ0v) is 17.2.